The van der Waals surface area contributed by atoms with Crippen LogP contribution in [0.4, 0.5) is 10.5 Å². The molecule has 0 unspecified atom stereocenters. The summed E-state index contributed by atoms with van der Waals surface area (Å²) in [6.07, 6.45) is 1.61. The number of amides is 2. The molecule has 1 aliphatic heterocycles. The normalized spacial score (nSPS) is 12.2. The fourth-order valence-electron chi connectivity index (χ4n) is 2.59. The second-order valence-electron chi connectivity index (χ2n) is 5.50. The van der Waals surface area contributed by atoms with Crippen LogP contribution in [0, 0.1) is 0 Å². The van der Waals surface area contributed by atoms with Gasteiger partial charge in [-0.3, -0.25) is 4.68 Å². The molecule has 25 heavy (non-hydrogen) atoms. The van der Waals surface area contributed by atoms with Gasteiger partial charge >= 0.3 is 6.03 Å². The van der Waals surface area contributed by atoms with Crippen LogP contribution in [0.15, 0.2) is 47.1 Å². The molecule has 0 atom stereocenters. The topological polar surface area (TPSA) is 90.6 Å². The zero-order valence-electron chi connectivity index (χ0n) is 13.5. The highest BCUT2D eigenvalue weighted by Gasteiger charge is 2.14. The van der Waals surface area contributed by atoms with E-state index in [1.54, 1.807) is 29.1 Å². The van der Waals surface area contributed by atoms with Gasteiger partial charge in [-0.1, -0.05) is 0 Å². The number of ether oxygens (including phenoxy) is 2. The van der Waals surface area contributed by atoms with Crippen molar-refractivity contribution in [1.82, 2.24) is 15.1 Å². The third kappa shape index (κ3) is 3.14. The van der Waals surface area contributed by atoms with Crippen LogP contribution < -0.4 is 20.1 Å². The molecule has 0 radical (unpaired) electrons. The van der Waals surface area contributed by atoms with Crippen molar-refractivity contribution in [2.24, 2.45) is 7.05 Å². The number of carbonyl (C=O) groups excluding carboxylic acids is 1. The van der Waals surface area contributed by atoms with Crippen LogP contribution in [0.5, 0.6) is 11.5 Å². The lowest BCUT2D eigenvalue weighted by molar-refractivity contribution is 0.174. The maximum Gasteiger partial charge on any atom is 0.319 e. The van der Waals surface area contributed by atoms with E-state index in [9.17, 15) is 4.79 Å². The van der Waals surface area contributed by atoms with Gasteiger partial charge in [0.2, 0.25) is 6.79 Å². The number of urea groups is 1. The van der Waals surface area contributed by atoms with Gasteiger partial charge in [-0.15, -0.1) is 0 Å². The van der Waals surface area contributed by atoms with E-state index in [0.29, 0.717) is 23.7 Å². The van der Waals surface area contributed by atoms with Gasteiger partial charge in [0.15, 0.2) is 17.3 Å². The Bertz CT molecular complexity index is 902. The average molecular weight is 340 g/mol. The Labute approximate surface area is 143 Å². The molecule has 2 amide bonds. The maximum absolute atomic E-state index is 12.1. The lowest BCUT2D eigenvalue weighted by Gasteiger charge is -2.07. The number of carbonyl (C=O) groups is 1. The number of fused-ring (bicyclic) bond motifs is 1. The number of rotatable bonds is 4. The molecule has 0 saturated carbocycles. The van der Waals surface area contributed by atoms with E-state index >= 15 is 0 Å². The van der Waals surface area contributed by atoms with E-state index in [4.69, 9.17) is 13.9 Å². The number of furan rings is 1. The Kier molecular flexibility index (Phi) is 3.77. The first-order valence-electron chi connectivity index (χ1n) is 7.70. The summed E-state index contributed by atoms with van der Waals surface area (Å²) >= 11 is 0. The van der Waals surface area contributed by atoms with E-state index in [1.807, 2.05) is 25.2 Å². The number of aryl methyl sites for hydroxylation is 1. The molecule has 4 rings (SSSR count). The van der Waals surface area contributed by atoms with Crippen molar-refractivity contribution in [2.45, 2.75) is 6.54 Å². The lowest BCUT2D eigenvalue weighted by Crippen LogP contribution is -2.28. The molecule has 2 N–H and O–H groups in total. The molecule has 0 fully saturated rings. The van der Waals surface area contributed by atoms with Crippen LogP contribution in [0.3, 0.4) is 0 Å². The molecule has 3 heterocycles. The molecule has 0 aliphatic carbocycles. The molecule has 0 bridgehead atoms. The monoisotopic (exact) mass is 340 g/mol. The molecule has 1 aromatic carbocycles. The zero-order valence-corrected chi connectivity index (χ0v) is 13.5. The third-order valence-electron chi connectivity index (χ3n) is 3.76. The van der Waals surface area contributed by atoms with E-state index < -0.39 is 0 Å². The Morgan fingerprint density at radius 3 is 2.96 bits per heavy atom. The highest BCUT2D eigenvalue weighted by atomic mass is 16.7. The van der Waals surface area contributed by atoms with Crippen molar-refractivity contribution in [3.8, 4) is 23.0 Å². The van der Waals surface area contributed by atoms with Crippen LogP contribution in [0.2, 0.25) is 0 Å². The summed E-state index contributed by atoms with van der Waals surface area (Å²) in [6.45, 7) is 0.494. The minimum atomic E-state index is -0.330. The van der Waals surface area contributed by atoms with Gasteiger partial charge < -0.3 is 24.5 Å². The lowest BCUT2D eigenvalue weighted by atomic mass is 10.3. The molecular weight excluding hydrogens is 324 g/mol. The van der Waals surface area contributed by atoms with E-state index in [1.165, 1.54) is 0 Å². The van der Waals surface area contributed by atoms with Crippen LogP contribution in [-0.2, 0) is 13.6 Å². The zero-order chi connectivity index (χ0) is 17.2. The number of hydrogen-bond donors (Lipinski definition) is 2. The van der Waals surface area contributed by atoms with Gasteiger partial charge in [0.1, 0.15) is 5.69 Å². The summed E-state index contributed by atoms with van der Waals surface area (Å²) in [6, 6.07) is 10.5. The first kappa shape index (κ1) is 15.1. The maximum atomic E-state index is 12.1. The fourth-order valence-corrected chi connectivity index (χ4v) is 2.59. The minimum absolute atomic E-state index is 0.197. The number of aromatic nitrogens is 2. The van der Waals surface area contributed by atoms with E-state index in [2.05, 4.69) is 15.7 Å². The van der Waals surface area contributed by atoms with Gasteiger partial charge in [0.25, 0.3) is 0 Å². The van der Waals surface area contributed by atoms with Crippen LogP contribution in [-0.4, -0.2) is 22.6 Å². The van der Waals surface area contributed by atoms with Gasteiger partial charge in [-0.05, 0) is 30.3 Å². The van der Waals surface area contributed by atoms with Crippen molar-refractivity contribution in [2.75, 3.05) is 12.1 Å². The molecule has 128 valence electrons. The molecule has 0 saturated heterocycles. The van der Waals surface area contributed by atoms with Crippen molar-refractivity contribution in [3.05, 3.63) is 48.4 Å². The number of hydrogen-bond acceptors (Lipinski definition) is 5. The van der Waals surface area contributed by atoms with E-state index in [-0.39, 0.29) is 12.8 Å². The van der Waals surface area contributed by atoms with Crippen LogP contribution in [0.1, 0.15) is 5.69 Å². The van der Waals surface area contributed by atoms with Gasteiger partial charge in [0.05, 0.1) is 18.5 Å². The minimum Gasteiger partial charge on any atom is -0.463 e. The molecular formula is C17H16N4O4. The number of nitrogens with zero attached hydrogens (tertiary/aromatic N) is 2. The largest absolute Gasteiger partial charge is 0.463 e. The highest BCUT2D eigenvalue weighted by molar-refractivity contribution is 5.89. The average Bonchev–Trinajstić information content (AvgIpc) is 3.33. The first-order valence-corrected chi connectivity index (χ1v) is 7.70. The van der Waals surface area contributed by atoms with Crippen molar-refractivity contribution >= 4 is 11.7 Å². The molecule has 8 heteroatoms. The van der Waals surface area contributed by atoms with Gasteiger partial charge in [-0.25, -0.2) is 4.79 Å². The number of nitrogens with one attached hydrogen (secondary N) is 2. The Morgan fingerprint density at radius 1 is 1.24 bits per heavy atom. The Balaban J connectivity index is 1.37. The summed E-state index contributed by atoms with van der Waals surface area (Å²) in [5.74, 6) is 2.02. The number of anilines is 1. The van der Waals surface area contributed by atoms with Gasteiger partial charge in [-0.2, -0.15) is 5.10 Å². The fraction of sp³-hybridized carbons (Fsp3) is 0.176. The second kappa shape index (κ2) is 6.23. The standard InChI is InChI=1S/C17H16N4O4/c1-21-13(14-3-2-6-23-14)7-12(20-21)9-18-17(22)19-11-4-5-15-16(8-11)25-10-24-15/h2-8H,9-10H2,1H3,(H2,18,19,22). The SMILES string of the molecule is Cn1nc(CNC(=O)Nc2ccc3c(c2)OCO3)cc1-c1ccco1. The molecule has 2 aromatic heterocycles. The van der Waals surface area contributed by atoms with Crippen LogP contribution >= 0.6 is 0 Å². The molecule has 0 spiro atoms. The third-order valence-corrected chi connectivity index (χ3v) is 3.76. The molecule has 8 nitrogen and oxygen atoms in total. The predicted octanol–water partition coefficient (Wildman–Crippen LogP) is 2.73. The van der Waals surface area contributed by atoms with Crippen molar-refractivity contribution < 1.29 is 18.7 Å². The second-order valence-corrected chi connectivity index (χ2v) is 5.50. The quantitative estimate of drug-likeness (QED) is 0.762. The summed E-state index contributed by atoms with van der Waals surface area (Å²) in [5, 5.41) is 9.90. The molecule has 1 aliphatic rings. The van der Waals surface area contributed by atoms with Crippen molar-refractivity contribution in [1.29, 1.82) is 0 Å². The Hall–Kier alpha value is -3.42. The highest BCUT2D eigenvalue weighted by Crippen LogP contribution is 2.34. The summed E-state index contributed by atoms with van der Waals surface area (Å²) in [5.41, 5.74) is 2.20. The van der Waals surface area contributed by atoms with Gasteiger partial charge in [0, 0.05) is 18.8 Å². The smallest absolute Gasteiger partial charge is 0.319 e. The summed E-state index contributed by atoms with van der Waals surface area (Å²) in [4.78, 5) is 12.1. The van der Waals surface area contributed by atoms with Crippen molar-refractivity contribution in [3.63, 3.8) is 0 Å². The predicted molar refractivity (Wildman–Crippen MR) is 89.3 cm³/mol. The molecule has 3 aromatic rings. The number of benzene rings is 1. The van der Waals surface area contributed by atoms with E-state index in [0.717, 1.165) is 17.1 Å². The Morgan fingerprint density at radius 2 is 2.12 bits per heavy atom. The summed E-state index contributed by atoms with van der Waals surface area (Å²) < 4.78 is 17.6. The first-order chi connectivity index (χ1) is 12.2. The summed E-state index contributed by atoms with van der Waals surface area (Å²) in [7, 11) is 1.83. The van der Waals surface area contributed by atoms with Crippen LogP contribution in [0.25, 0.3) is 11.5 Å².